The zero-order valence-electron chi connectivity index (χ0n) is 10.5. The first-order chi connectivity index (χ1) is 8.58. The standard InChI is InChI=1S/C15H16BrNS/c1-10-6-7-14(11(2)8-10)18-9-12-4-3-5-13(17)15(12)16/h3-8H,9,17H2,1-2H3. The summed E-state index contributed by atoms with van der Waals surface area (Å²) in [5.74, 6) is 0.926. The predicted molar refractivity (Wildman–Crippen MR) is 84.0 cm³/mol. The number of benzene rings is 2. The first kappa shape index (κ1) is 13.5. The second-order valence-corrected chi connectivity index (χ2v) is 6.19. The van der Waals surface area contributed by atoms with Crippen molar-refractivity contribution in [1.82, 2.24) is 0 Å². The van der Waals surface area contributed by atoms with E-state index in [1.807, 2.05) is 23.9 Å². The van der Waals surface area contributed by atoms with E-state index >= 15 is 0 Å². The van der Waals surface area contributed by atoms with Gasteiger partial charge in [0.05, 0.1) is 0 Å². The van der Waals surface area contributed by atoms with Crippen molar-refractivity contribution in [2.24, 2.45) is 0 Å². The van der Waals surface area contributed by atoms with Gasteiger partial charge in [0.1, 0.15) is 0 Å². The van der Waals surface area contributed by atoms with E-state index in [0.29, 0.717) is 0 Å². The Morgan fingerprint density at radius 2 is 1.94 bits per heavy atom. The molecule has 0 bridgehead atoms. The molecule has 2 N–H and O–H groups in total. The number of rotatable bonds is 3. The predicted octanol–water partition coefficient (Wildman–Crippen LogP) is 4.94. The fourth-order valence-electron chi connectivity index (χ4n) is 1.83. The number of anilines is 1. The monoisotopic (exact) mass is 321 g/mol. The molecule has 2 rings (SSSR count). The molecule has 2 aromatic carbocycles. The van der Waals surface area contributed by atoms with E-state index in [4.69, 9.17) is 5.73 Å². The molecule has 0 spiro atoms. The lowest BCUT2D eigenvalue weighted by molar-refractivity contribution is 1.25. The lowest BCUT2D eigenvalue weighted by Crippen LogP contribution is -1.91. The highest BCUT2D eigenvalue weighted by atomic mass is 79.9. The Morgan fingerprint density at radius 1 is 1.17 bits per heavy atom. The number of halogens is 1. The van der Waals surface area contributed by atoms with Crippen molar-refractivity contribution in [1.29, 1.82) is 0 Å². The van der Waals surface area contributed by atoms with Gasteiger partial charge in [-0.15, -0.1) is 11.8 Å². The highest BCUT2D eigenvalue weighted by Gasteiger charge is 2.05. The average Bonchev–Trinajstić information content (AvgIpc) is 2.33. The van der Waals surface area contributed by atoms with E-state index in [1.165, 1.54) is 21.6 Å². The molecule has 0 aliphatic heterocycles. The van der Waals surface area contributed by atoms with Crippen molar-refractivity contribution in [2.45, 2.75) is 24.5 Å². The van der Waals surface area contributed by atoms with Gasteiger partial charge in [0.15, 0.2) is 0 Å². The third-order valence-corrected chi connectivity index (χ3v) is 5.01. The van der Waals surface area contributed by atoms with Crippen LogP contribution in [0.1, 0.15) is 16.7 Å². The van der Waals surface area contributed by atoms with Gasteiger partial charge in [0, 0.05) is 20.8 Å². The molecule has 18 heavy (non-hydrogen) atoms. The van der Waals surface area contributed by atoms with Gasteiger partial charge in [-0.25, -0.2) is 0 Å². The third-order valence-electron chi connectivity index (χ3n) is 2.82. The second-order valence-electron chi connectivity index (χ2n) is 4.38. The minimum atomic E-state index is 0.800. The molecule has 0 aliphatic carbocycles. The quantitative estimate of drug-likeness (QED) is 0.640. The van der Waals surface area contributed by atoms with Gasteiger partial charge in [-0.05, 0) is 53.0 Å². The van der Waals surface area contributed by atoms with Crippen LogP contribution in [0.3, 0.4) is 0 Å². The summed E-state index contributed by atoms with van der Waals surface area (Å²) in [5, 5.41) is 0. The molecule has 0 unspecified atom stereocenters. The number of nitrogens with two attached hydrogens (primary N) is 1. The molecule has 3 heteroatoms. The molecule has 0 aliphatic rings. The lowest BCUT2D eigenvalue weighted by Gasteiger charge is -2.09. The molecule has 0 radical (unpaired) electrons. The molecule has 0 atom stereocenters. The highest BCUT2D eigenvalue weighted by Crippen LogP contribution is 2.31. The van der Waals surface area contributed by atoms with Gasteiger partial charge in [-0.3, -0.25) is 0 Å². The molecule has 0 amide bonds. The van der Waals surface area contributed by atoms with Crippen molar-refractivity contribution in [3.05, 3.63) is 57.6 Å². The Kier molecular flexibility index (Phi) is 4.36. The maximum Gasteiger partial charge on any atom is 0.0461 e. The molecule has 2 aromatic rings. The van der Waals surface area contributed by atoms with Gasteiger partial charge >= 0.3 is 0 Å². The van der Waals surface area contributed by atoms with Crippen molar-refractivity contribution in [3.8, 4) is 0 Å². The highest BCUT2D eigenvalue weighted by molar-refractivity contribution is 9.10. The topological polar surface area (TPSA) is 26.0 Å². The molecular weight excluding hydrogens is 306 g/mol. The van der Waals surface area contributed by atoms with Gasteiger partial charge in [-0.1, -0.05) is 29.8 Å². The summed E-state index contributed by atoms with van der Waals surface area (Å²) in [6.07, 6.45) is 0. The Balaban J connectivity index is 2.14. The molecule has 0 heterocycles. The van der Waals surface area contributed by atoms with Crippen LogP contribution < -0.4 is 5.73 Å². The van der Waals surface area contributed by atoms with Crippen LogP contribution in [0, 0.1) is 13.8 Å². The summed E-state index contributed by atoms with van der Waals surface area (Å²) in [6.45, 7) is 4.28. The second kappa shape index (κ2) is 5.81. The summed E-state index contributed by atoms with van der Waals surface area (Å²) < 4.78 is 1.02. The normalized spacial score (nSPS) is 10.6. The van der Waals surface area contributed by atoms with Crippen molar-refractivity contribution < 1.29 is 0 Å². The minimum Gasteiger partial charge on any atom is -0.398 e. The van der Waals surface area contributed by atoms with Crippen LogP contribution in [0.4, 0.5) is 5.69 Å². The largest absolute Gasteiger partial charge is 0.398 e. The van der Waals surface area contributed by atoms with Crippen LogP contribution >= 0.6 is 27.7 Å². The first-order valence-corrected chi connectivity index (χ1v) is 7.58. The van der Waals surface area contributed by atoms with Crippen LogP contribution in [0.25, 0.3) is 0 Å². The maximum atomic E-state index is 5.88. The SMILES string of the molecule is Cc1ccc(SCc2cccc(N)c2Br)c(C)c1. The number of nitrogen functional groups attached to an aromatic ring is 1. The van der Waals surface area contributed by atoms with Crippen LogP contribution in [0.2, 0.25) is 0 Å². The Morgan fingerprint density at radius 3 is 2.67 bits per heavy atom. The van der Waals surface area contributed by atoms with E-state index in [2.05, 4.69) is 54.0 Å². The fraction of sp³-hybridized carbons (Fsp3) is 0.200. The molecule has 1 nitrogen and oxygen atoms in total. The molecule has 0 saturated carbocycles. The molecule has 0 aromatic heterocycles. The Bertz CT molecular complexity index is 566. The summed E-state index contributed by atoms with van der Waals surface area (Å²) in [5.41, 5.74) is 10.6. The van der Waals surface area contributed by atoms with Crippen LogP contribution in [-0.2, 0) is 5.75 Å². The maximum absolute atomic E-state index is 5.88. The molecular formula is C15H16BrNS. The minimum absolute atomic E-state index is 0.800. The zero-order chi connectivity index (χ0) is 13.1. The van der Waals surface area contributed by atoms with Crippen LogP contribution in [0.15, 0.2) is 45.8 Å². The van der Waals surface area contributed by atoms with Gasteiger partial charge in [0.25, 0.3) is 0 Å². The summed E-state index contributed by atoms with van der Waals surface area (Å²) in [7, 11) is 0. The molecule has 0 fully saturated rings. The fourth-order valence-corrected chi connectivity index (χ4v) is 3.42. The smallest absolute Gasteiger partial charge is 0.0461 e. The van der Waals surface area contributed by atoms with E-state index in [-0.39, 0.29) is 0 Å². The number of hydrogen-bond donors (Lipinski definition) is 1. The average molecular weight is 322 g/mol. The van der Waals surface area contributed by atoms with Crippen molar-refractivity contribution in [2.75, 3.05) is 5.73 Å². The summed E-state index contributed by atoms with van der Waals surface area (Å²) >= 11 is 5.39. The van der Waals surface area contributed by atoms with Gasteiger partial charge < -0.3 is 5.73 Å². The van der Waals surface area contributed by atoms with Gasteiger partial charge in [-0.2, -0.15) is 0 Å². The van der Waals surface area contributed by atoms with Crippen LogP contribution in [0.5, 0.6) is 0 Å². The molecule has 94 valence electrons. The number of hydrogen-bond acceptors (Lipinski definition) is 2. The van der Waals surface area contributed by atoms with E-state index in [1.54, 1.807) is 0 Å². The first-order valence-electron chi connectivity index (χ1n) is 5.81. The summed E-state index contributed by atoms with van der Waals surface area (Å²) in [4.78, 5) is 1.33. The molecule has 0 saturated heterocycles. The van der Waals surface area contributed by atoms with Crippen LogP contribution in [-0.4, -0.2) is 0 Å². The number of thioether (sulfide) groups is 1. The third kappa shape index (κ3) is 3.09. The van der Waals surface area contributed by atoms with E-state index < -0.39 is 0 Å². The van der Waals surface area contributed by atoms with E-state index in [0.717, 1.165) is 15.9 Å². The Hall–Kier alpha value is -0.930. The summed E-state index contributed by atoms with van der Waals surface area (Å²) in [6, 6.07) is 12.6. The zero-order valence-corrected chi connectivity index (χ0v) is 12.9. The van der Waals surface area contributed by atoms with Crippen molar-refractivity contribution in [3.63, 3.8) is 0 Å². The van der Waals surface area contributed by atoms with Gasteiger partial charge in [0.2, 0.25) is 0 Å². The van der Waals surface area contributed by atoms with E-state index in [9.17, 15) is 0 Å². The lowest BCUT2D eigenvalue weighted by atomic mass is 10.2. The Labute approximate surface area is 121 Å². The van der Waals surface area contributed by atoms with Crippen molar-refractivity contribution >= 4 is 33.4 Å². The number of aryl methyl sites for hydroxylation is 2.